The van der Waals surface area contributed by atoms with Crippen LogP contribution in [0.2, 0.25) is 0 Å². The van der Waals surface area contributed by atoms with Crippen LogP contribution in [0.5, 0.6) is 5.75 Å². The van der Waals surface area contributed by atoms with Gasteiger partial charge in [-0.1, -0.05) is 57.0 Å². The van der Waals surface area contributed by atoms with E-state index in [9.17, 15) is 14.0 Å². The van der Waals surface area contributed by atoms with E-state index in [1.165, 1.54) is 23.5 Å². The van der Waals surface area contributed by atoms with Crippen LogP contribution < -0.4 is 15.0 Å². The van der Waals surface area contributed by atoms with E-state index in [1.54, 1.807) is 42.5 Å². The summed E-state index contributed by atoms with van der Waals surface area (Å²) in [5, 5.41) is 3.12. The van der Waals surface area contributed by atoms with Crippen molar-refractivity contribution in [3.63, 3.8) is 0 Å². The molecule has 3 unspecified atom stereocenters. The summed E-state index contributed by atoms with van der Waals surface area (Å²) >= 11 is 0. The number of ether oxygens (including phenoxy) is 1. The van der Waals surface area contributed by atoms with E-state index < -0.39 is 11.7 Å². The minimum atomic E-state index is -0.470. The number of rotatable bonds is 4. The zero-order valence-corrected chi connectivity index (χ0v) is 17.8. The monoisotopic (exact) mass is 422 g/mol. The molecule has 0 bridgehead atoms. The lowest BCUT2D eigenvalue weighted by molar-refractivity contribution is -0.124. The Kier molecular flexibility index (Phi) is 6.07. The number of hydrogen-bond acceptors (Lipinski definition) is 3. The summed E-state index contributed by atoms with van der Waals surface area (Å²) in [6, 6.07) is 13.3. The van der Waals surface area contributed by atoms with Crippen LogP contribution in [0.1, 0.15) is 38.7 Å². The average molecular weight is 423 g/mol. The molecule has 2 amide bonds. The highest BCUT2D eigenvalue weighted by molar-refractivity contribution is 6.12. The maximum atomic E-state index is 14.1. The smallest absolute Gasteiger partial charge is 0.294 e. The van der Waals surface area contributed by atoms with Crippen molar-refractivity contribution in [2.24, 2.45) is 11.8 Å². The third kappa shape index (κ3) is 4.48. The lowest BCUT2D eigenvalue weighted by atomic mass is 9.78. The van der Waals surface area contributed by atoms with Gasteiger partial charge < -0.3 is 10.1 Å². The number of halogens is 1. The molecule has 31 heavy (non-hydrogen) atoms. The molecule has 1 aliphatic heterocycles. The summed E-state index contributed by atoms with van der Waals surface area (Å²) in [6.07, 6.45) is 4.59. The Balaban J connectivity index is 1.58. The number of amides is 2. The molecular weight excluding hydrogens is 395 g/mol. The van der Waals surface area contributed by atoms with Crippen molar-refractivity contribution in [2.45, 2.75) is 39.2 Å². The molecule has 6 heteroatoms. The third-order valence-corrected chi connectivity index (χ3v) is 6.38. The minimum Gasteiger partial charge on any atom is -0.449 e. The second-order valence-corrected chi connectivity index (χ2v) is 8.43. The first kappa shape index (κ1) is 21.1. The van der Waals surface area contributed by atoms with E-state index in [2.05, 4.69) is 19.2 Å². The number of para-hydroxylation sites is 2. The number of hydrogen-bond donors (Lipinski definition) is 1. The maximum Gasteiger partial charge on any atom is 0.294 e. The Labute approximate surface area is 181 Å². The molecule has 0 radical (unpaired) electrons. The standard InChI is InChI=1S/C25H27FN2O3/c1-16-8-7-11-20(17(16)2)27-24(29)15-28-21-12-5-6-13-22(21)31-23(25(28)30)14-18-9-3-4-10-19(18)26/h3-6,9-10,12-14,16-17,20H,7-8,11,15H2,1-2H3,(H,27,29)/b23-14-. The van der Waals surface area contributed by atoms with Gasteiger partial charge in [0, 0.05) is 11.6 Å². The first-order valence-electron chi connectivity index (χ1n) is 10.8. The second kappa shape index (κ2) is 8.92. The highest BCUT2D eigenvalue weighted by atomic mass is 19.1. The van der Waals surface area contributed by atoms with Crippen LogP contribution in [0.3, 0.4) is 0 Å². The molecule has 2 aromatic rings. The van der Waals surface area contributed by atoms with Crippen LogP contribution in [0.4, 0.5) is 10.1 Å². The van der Waals surface area contributed by atoms with E-state index in [1.807, 2.05) is 0 Å². The van der Waals surface area contributed by atoms with Crippen molar-refractivity contribution in [3.8, 4) is 5.75 Å². The van der Waals surface area contributed by atoms with E-state index >= 15 is 0 Å². The maximum absolute atomic E-state index is 14.1. The molecule has 1 aliphatic carbocycles. The fraction of sp³-hybridized carbons (Fsp3) is 0.360. The van der Waals surface area contributed by atoms with E-state index in [4.69, 9.17) is 4.74 Å². The zero-order chi connectivity index (χ0) is 22.0. The molecule has 4 rings (SSSR count). The number of anilines is 1. The Hall–Kier alpha value is -3.15. The molecule has 162 valence electrons. The zero-order valence-electron chi connectivity index (χ0n) is 17.8. The molecule has 0 saturated heterocycles. The molecule has 0 spiro atoms. The Morgan fingerprint density at radius 3 is 2.71 bits per heavy atom. The Bertz CT molecular complexity index is 1020. The van der Waals surface area contributed by atoms with Gasteiger partial charge >= 0.3 is 0 Å². The minimum absolute atomic E-state index is 0.0174. The molecule has 3 atom stereocenters. The van der Waals surface area contributed by atoms with Crippen LogP contribution in [0, 0.1) is 17.7 Å². The fourth-order valence-electron chi connectivity index (χ4n) is 4.33. The van der Waals surface area contributed by atoms with Gasteiger partial charge in [-0.05, 0) is 42.5 Å². The van der Waals surface area contributed by atoms with Crippen LogP contribution in [0.25, 0.3) is 6.08 Å². The number of benzene rings is 2. The third-order valence-electron chi connectivity index (χ3n) is 6.38. The van der Waals surface area contributed by atoms with E-state index in [0.717, 1.165) is 12.8 Å². The van der Waals surface area contributed by atoms with Crippen molar-refractivity contribution in [1.82, 2.24) is 5.32 Å². The predicted molar refractivity (Wildman–Crippen MR) is 118 cm³/mol. The fourth-order valence-corrected chi connectivity index (χ4v) is 4.33. The summed E-state index contributed by atoms with van der Waals surface area (Å²) in [4.78, 5) is 27.5. The van der Waals surface area contributed by atoms with Crippen molar-refractivity contribution in [2.75, 3.05) is 11.4 Å². The molecule has 0 aromatic heterocycles. The van der Waals surface area contributed by atoms with Gasteiger partial charge in [0.25, 0.3) is 5.91 Å². The molecule has 5 nitrogen and oxygen atoms in total. The van der Waals surface area contributed by atoms with Crippen LogP contribution in [-0.2, 0) is 9.59 Å². The highest BCUT2D eigenvalue weighted by Gasteiger charge is 2.33. The molecule has 1 saturated carbocycles. The van der Waals surface area contributed by atoms with Gasteiger partial charge in [-0.2, -0.15) is 0 Å². The first-order chi connectivity index (χ1) is 14.9. The van der Waals surface area contributed by atoms with Gasteiger partial charge in [-0.3, -0.25) is 14.5 Å². The van der Waals surface area contributed by atoms with Gasteiger partial charge in [0.1, 0.15) is 12.4 Å². The molecular formula is C25H27FN2O3. The molecule has 1 fully saturated rings. The number of nitrogens with zero attached hydrogens (tertiary/aromatic N) is 1. The number of fused-ring (bicyclic) bond motifs is 1. The van der Waals surface area contributed by atoms with Gasteiger partial charge in [-0.25, -0.2) is 4.39 Å². The van der Waals surface area contributed by atoms with E-state index in [0.29, 0.717) is 23.3 Å². The molecule has 2 aliphatic rings. The van der Waals surface area contributed by atoms with E-state index in [-0.39, 0.29) is 29.8 Å². The second-order valence-electron chi connectivity index (χ2n) is 8.43. The summed E-state index contributed by atoms with van der Waals surface area (Å²) < 4.78 is 19.9. The highest BCUT2D eigenvalue weighted by Crippen LogP contribution is 2.36. The quantitative estimate of drug-likeness (QED) is 0.737. The lowest BCUT2D eigenvalue weighted by Crippen LogP contribution is -2.49. The normalized spacial score (nSPS) is 24.5. The average Bonchev–Trinajstić information content (AvgIpc) is 2.76. The van der Waals surface area contributed by atoms with Crippen LogP contribution >= 0.6 is 0 Å². The molecule has 2 aromatic carbocycles. The topological polar surface area (TPSA) is 58.6 Å². The number of nitrogens with one attached hydrogen (secondary N) is 1. The molecule has 1 heterocycles. The van der Waals surface area contributed by atoms with Gasteiger partial charge in [0.2, 0.25) is 5.91 Å². The van der Waals surface area contributed by atoms with Crippen molar-refractivity contribution in [3.05, 3.63) is 65.7 Å². The summed E-state index contributed by atoms with van der Waals surface area (Å²) in [7, 11) is 0. The first-order valence-corrected chi connectivity index (χ1v) is 10.8. The Morgan fingerprint density at radius 2 is 1.90 bits per heavy atom. The van der Waals surface area contributed by atoms with Gasteiger partial charge in [0.15, 0.2) is 11.5 Å². The summed E-state index contributed by atoms with van der Waals surface area (Å²) in [5.41, 5.74) is 0.776. The van der Waals surface area contributed by atoms with Gasteiger partial charge in [-0.15, -0.1) is 0 Å². The predicted octanol–water partition coefficient (Wildman–Crippen LogP) is 4.53. The number of carbonyl (C=O) groups is 2. The summed E-state index contributed by atoms with van der Waals surface area (Å²) in [6.45, 7) is 4.26. The summed E-state index contributed by atoms with van der Waals surface area (Å²) in [5.74, 6) is 0.258. The lowest BCUT2D eigenvalue weighted by Gasteiger charge is -2.35. The Morgan fingerprint density at radius 1 is 1.16 bits per heavy atom. The van der Waals surface area contributed by atoms with Gasteiger partial charge in [0.05, 0.1) is 5.69 Å². The van der Waals surface area contributed by atoms with Crippen molar-refractivity contribution < 1.29 is 18.7 Å². The molecule has 1 N–H and O–H groups in total. The van der Waals surface area contributed by atoms with Crippen LogP contribution in [-0.4, -0.2) is 24.4 Å². The number of carbonyl (C=O) groups excluding carboxylic acids is 2. The largest absolute Gasteiger partial charge is 0.449 e. The van der Waals surface area contributed by atoms with Crippen molar-refractivity contribution in [1.29, 1.82) is 0 Å². The van der Waals surface area contributed by atoms with Crippen LogP contribution in [0.15, 0.2) is 54.3 Å². The van der Waals surface area contributed by atoms with Crippen molar-refractivity contribution >= 4 is 23.6 Å². The SMILES string of the molecule is CC1CCCC(NC(=O)CN2C(=O)/C(=C/c3ccccc3F)Oc3ccccc32)C1C.